The molecule has 0 spiro atoms. The Morgan fingerprint density at radius 2 is 1.62 bits per heavy atom. The lowest BCUT2D eigenvalue weighted by atomic mass is 10.1. The van der Waals surface area contributed by atoms with Gasteiger partial charge in [-0.3, -0.25) is 4.18 Å². The summed E-state index contributed by atoms with van der Waals surface area (Å²) in [7, 11) is -2.38. The Balaban J connectivity index is 2.20. The monoisotopic (exact) mass is 398 g/mol. The van der Waals surface area contributed by atoms with E-state index < -0.39 is 22.0 Å². The SMILES string of the molecule is COC(C)(C)OC(COS(=O)(=O)c1ccc(C)cc1)c1ccc(Cl)cc1. The van der Waals surface area contributed by atoms with Crippen molar-refractivity contribution in [3.8, 4) is 0 Å². The van der Waals surface area contributed by atoms with Gasteiger partial charge in [-0.25, -0.2) is 0 Å². The zero-order chi connectivity index (χ0) is 19.4. The lowest BCUT2D eigenvalue weighted by Gasteiger charge is -2.29. The second-order valence-corrected chi connectivity index (χ2v) is 8.37. The van der Waals surface area contributed by atoms with Crippen LogP contribution >= 0.6 is 11.6 Å². The molecule has 0 aromatic heterocycles. The summed E-state index contributed by atoms with van der Waals surface area (Å²) in [5.74, 6) is -0.915. The quantitative estimate of drug-likeness (QED) is 0.484. The molecule has 2 rings (SSSR count). The van der Waals surface area contributed by atoms with E-state index in [0.717, 1.165) is 11.1 Å². The Bertz CT molecular complexity index is 814. The highest BCUT2D eigenvalue weighted by atomic mass is 35.5. The molecule has 0 heterocycles. The van der Waals surface area contributed by atoms with Crippen LogP contribution in [0.15, 0.2) is 53.4 Å². The summed E-state index contributed by atoms with van der Waals surface area (Å²) in [6.45, 7) is 5.17. The van der Waals surface area contributed by atoms with E-state index in [2.05, 4.69) is 0 Å². The zero-order valence-corrected chi connectivity index (χ0v) is 16.8. The second-order valence-electron chi connectivity index (χ2n) is 6.31. The van der Waals surface area contributed by atoms with Gasteiger partial charge >= 0.3 is 0 Å². The number of hydrogen-bond donors (Lipinski definition) is 0. The molecule has 0 saturated carbocycles. The maximum atomic E-state index is 12.4. The fourth-order valence-electron chi connectivity index (χ4n) is 2.19. The first kappa shape index (κ1) is 20.9. The van der Waals surface area contributed by atoms with Crippen LogP contribution in [0.5, 0.6) is 0 Å². The molecule has 0 aliphatic rings. The van der Waals surface area contributed by atoms with E-state index >= 15 is 0 Å². The van der Waals surface area contributed by atoms with Crippen molar-refractivity contribution in [2.45, 2.75) is 37.6 Å². The summed E-state index contributed by atoms with van der Waals surface area (Å²) in [4.78, 5) is 0.101. The summed E-state index contributed by atoms with van der Waals surface area (Å²) < 4.78 is 41.3. The van der Waals surface area contributed by atoms with Crippen LogP contribution in [0.1, 0.15) is 31.1 Å². The summed E-state index contributed by atoms with van der Waals surface area (Å²) >= 11 is 5.93. The predicted octanol–water partition coefficient (Wildman–Crippen LogP) is 4.49. The van der Waals surface area contributed by atoms with Gasteiger partial charge < -0.3 is 9.47 Å². The van der Waals surface area contributed by atoms with E-state index in [1.165, 1.54) is 19.2 Å². The third-order valence-electron chi connectivity index (χ3n) is 3.84. The molecule has 0 N–H and O–H groups in total. The maximum Gasteiger partial charge on any atom is 0.297 e. The van der Waals surface area contributed by atoms with E-state index in [4.69, 9.17) is 25.3 Å². The van der Waals surface area contributed by atoms with Crippen LogP contribution in [-0.2, 0) is 23.8 Å². The minimum Gasteiger partial charge on any atom is -0.354 e. The van der Waals surface area contributed by atoms with E-state index in [0.29, 0.717) is 5.02 Å². The molecule has 1 unspecified atom stereocenters. The lowest BCUT2D eigenvalue weighted by molar-refractivity contribution is -0.230. The molecule has 26 heavy (non-hydrogen) atoms. The van der Waals surface area contributed by atoms with E-state index in [1.54, 1.807) is 50.2 Å². The smallest absolute Gasteiger partial charge is 0.297 e. The highest BCUT2D eigenvalue weighted by molar-refractivity contribution is 7.86. The first-order chi connectivity index (χ1) is 12.1. The van der Waals surface area contributed by atoms with Gasteiger partial charge in [-0.1, -0.05) is 41.4 Å². The Kier molecular flexibility index (Phi) is 6.82. The van der Waals surface area contributed by atoms with Crippen LogP contribution in [0, 0.1) is 6.92 Å². The molecule has 7 heteroatoms. The van der Waals surface area contributed by atoms with Crippen LogP contribution in [0.3, 0.4) is 0 Å². The van der Waals surface area contributed by atoms with Gasteiger partial charge in [-0.15, -0.1) is 0 Å². The number of rotatable bonds is 8. The normalized spacial score (nSPS) is 13.6. The van der Waals surface area contributed by atoms with Gasteiger partial charge in [0.25, 0.3) is 10.1 Å². The van der Waals surface area contributed by atoms with Crippen LogP contribution < -0.4 is 0 Å². The molecular formula is C19H23ClO5S. The summed E-state index contributed by atoms with van der Waals surface area (Å²) in [6.07, 6.45) is -0.651. The third kappa shape index (κ3) is 5.79. The number of hydrogen-bond acceptors (Lipinski definition) is 5. The molecular weight excluding hydrogens is 376 g/mol. The molecule has 0 aliphatic heterocycles. The Hall–Kier alpha value is -1.44. The lowest BCUT2D eigenvalue weighted by Crippen LogP contribution is -2.31. The summed E-state index contributed by atoms with van der Waals surface area (Å²) in [6, 6.07) is 13.4. The Labute approximate surface area is 160 Å². The van der Waals surface area contributed by atoms with Crippen molar-refractivity contribution in [2.75, 3.05) is 13.7 Å². The molecule has 0 bridgehead atoms. The van der Waals surface area contributed by atoms with Gasteiger partial charge in [0.05, 0.1) is 11.5 Å². The van der Waals surface area contributed by atoms with Crippen molar-refractivity contribution in [2.24, 2.45) is 0 Å². The molecule has 2 aromatic rings. The van der Waals surface area contributed by atoms with Crippen LogP contribution in [0.25, 0.3) is 0 Å². The van der Waals surface area contributed by atoms with Gasteiger partial charge in [-0.2, -0.15) is 8.42 Å². The van der Waals surface area contributed by atoms with Crippen LogP contribution in [-0.4, -0.2) is 27.9 Å². The highest BCUT2D eigenvalue weighted by Crippen LogP contribution is 2.27. The summed E-state index contributed by atoms with van der Waals surface area (Å²) in [5, 5.41) is 0.576. The van der Waals surface area contributed by atoms with E-state index in [-0.39, 0.29) is 11.5 Å². The summed E-state index contributed by atoms with van der Waals surface area (Å²) in [5.41, 5.74) is 1.70. The molecule has 1 atom stereocenters. The zero-order valence-electron chi connectivity index (χ0n) is 15.2. The minimum absolute atomic E-state index is 0.101. The molecule has 0 aliphatic carbocycles. The molecule has 142 valence electrons. The number of methoxy groups -OCH3 is 1. The maximum absolute atomic E-state index is 12.4. The van der Waals surface area contributed by atoms with Crippen molar-refractivity contribution in [3.05, 3.63) is 64.7 Å². The van der Waals surface area contributed by atoms with Crippen molar-refractivity contribution in [3.63, 3.8) is 0 Å². The highest BCUT2D eigenvalue weighted by Gasteiger charge is 2.27. The van der Waals surface area contributed by atoms with Crippen molar-refractivity contribution in [1.82, 2.24) is 0 Å². The van der Waals surface area contributed by atoms with Gasteiger partial charge in [0.2, 0.25) is 0 Å². The number of benzene rings is 2. The van der Waals surface area contributed by atoms with Crippen LogP contribution in [0.4, 0.5) is 0 Å². The Morgan fingerprint density at radius 1 is 1.04 bits per heavy atom. The van der Waals surface area contributed by atoms with Crippen molar-refractivity contribution >= 4 is 21.7 Å². The predicted molar refractivity (Wildman–Crippen MR) is 101 cm³/mol. The molecule has 0 radical (unpaired) electrons. The van der Waals surface area contributed by atoms with Gasteiger partial charge in [0, 0.05) is 12.1 Å². The van der Waals surface area contributed by atoms with Gasteiger partial charge in [-0.05, 0) is 50.6 Å². The Morgan fingerprint density at radius 3 is 2.15 bits per heavy atom. The topological polar surface area (TPSA) is 61.8 Å². The average Bonchev–Trinajstić information content (AvgIpc) is 2.60. The van der Waals surface area contributed by atoms with Gasteiger partial charge in [0.1, 0.15) is 6.10 Å². The fourth-order valence-corrected chi connectivity index (χ4v) is 3.23. The number of halogens is 1. The molecule has 0 amide bonds. The number of aryl methyl sites for hydroxylation is 1. The molecule has 0 fully saturated rings. The standard InChI is InChI=1S/C19H23ClO5S/c1-14-5-11-17(12-6-14)26(21,22)24-13-18(25-19(2,3)23-4)15-7-9-16(20)10-8-15/h5-12,18H,13H2,1-4H3. The first-order valence-electron chi connectivity index (χ1n) is 8.07. The average molecular weight is 399 g/mol. The van der Waals surface area contributed by atoms with Crippen molar-refractivity contribution in [1.29, 1.82) is 0 Å². The molecule has 5 nitrogen and oxygen atoms in total. The second kappa shape index (κ2) is 8.50. The van der Waals surface area contributed by atoms with E-state index in [1.807, 2.05) is 6.92 Å². The van der Waals surface area contributed by atoms with Crippen LogP contribution in [0.2, 0.25) is 5.02 Å². The third-order valence-corrected chi connectivity index (χ3v) is 5.39. The first-order valence-corrected chi connectivity index (χ1v) is 9.86. The largest absolute Gasteiger partial charge is 0.354 e. The minimum atomic E-state index is -3.90. The van der Waals surface area contributed by atoms with Crippen molar-refractivity contribution < 1.29 is 22.1 Å². The molecule has 0 saturated heterocycles. The fraction of sp³-hybridized carbons (Fsp3) is 0.368. The molecule has 2 aromatic carbocycles. The number of ether oxygens (including phenoxy) is 2. The van der Waals surface area contributed by atoms with E-state index in [9.17, 15) is 8.42 Å². The van der Waals surface area contributed by atoms with Gasteiger partial charge in [0.15, 0.2) is 5.79 Å².